The first-order chi connectivity index (χ1) is 24.1. The Balaban J connectivity index is 1.15. The third-order valence-corrected chi connectivity index (χ3v) is 17.7. The Bertz CT molecular complexity index is 1510. The monoisotopic (exact) mass is 804 g/mol. The van der Waals surface area contributed by atoms with E-state index in [-0.39, 0.29) is 81.2 Å². The van der Waals surface area contributed by atoms with Crippen LogP contribution in [0.5, 0.6) is 0 Å². The van der Waals surface area contributed by atoms with Crippen molar-refractivity contribution in [3.8, 4) is 0 Å². The van der Waals surface area contributed by atoms with Gasteiger partial charge in [-0.15, -0.1) is 23.5 Å². The van der Waals surface area contributed by atoms with Crippen LogP contribution in [0.15, 0.2) is 21.2 Å². The molecule has 20 heteroatoms. The van der Waals surface area contributed by atoms with E-state index >= 15 is 0 Å². The standard InChI is InChI=1S/C32H54N8O8P2S2/c1-11-51-25-21(33-13-15-47-27(43)35-49(45,37-17-29(37,3)4)38-18-30(38,5)6)24(42)26(52-12-2)22(23(25)41)34-14-16-48-28(44)36-50(46,39-19-31(39,7)8)40-20-32(40,9)10/h33-34H,11-20H2,1-10H3,(H,35,43,45)(H,36,44,46). The summed E-state index contributed by atoms with van der Waals surface area (Å²) in [5.74, 6) is 0.269. The topological polar surface area (TPSA) is 181 Å². The Morgan fingerprint density at radius 1 is 0.615 bits per heavy atom. The SMILES string of the molecule is CCSC1=C(NCCOC(=O)NP(=O)(N2CC2(C)C)N2CC2(C)C)C(=O)C(SCC)=C(NCCOC(=O)NP(=O)(N2CC2(C)C)N2CC2(C)C)C1=O. The Hall–Kier alpha value is -2.04. The molecule has 4 heterocycles. The third-order valence-electron chi connectivity index (χ3n) is 9.48. The van der Waals surface area contributed by atoms with E-state index in [0.717, 1.165) is 0 Å². The number of amides is 2. The van der Waals surface area contributed by atoms with E-state index in [2.05, 4.69) is 20.8 Å². The second kappa shape index (κ2) is 14.6. The molecule has 5 rings (SSSR count). The lowest BCUT2D eigenvalue weighted by molar-refractivity contribution is -0.116. The summed E-state index contributed by atoms with van der Waals surface area (Å²) in [5.41, 5.74) is -0.943. The van der Waals surface area contributed by atoms with Gasteiger partial charge in [-0.25, -0.2) is 38.4 Å². The minimum atomic E-state index is -3.37. The average molecular weight is 805 g/mol. The first-order valence-corrected chi connectivity index (χ1v) is 22.8. The van der Waals surface area contributed by atoms with Gasteiger partial charge in [0.25, 0.3) is 0 Å². The Morgan fingerprint density at radius 2 is 0.885 bits per heavy atom. The number of rotatable bonds is 18. The summed E-state index contributed by atoms with van der Waals surface area (Å²) in [4.78, 5) is 53.7. The molecule has 2 amide bonds. The van der Waals surface area contributed by atoms with Gasteiger partial charge in [-0.2, -0.15) is 0 Å². The summed E-state index contributed by atoms with van der Waals surface area (Å²) >= 11 is 2.43. The average Bonchev–Trinajstić information content (AvgIpc) is 3.99. The number of allylic oxidation sites excluding steroid dienone is 2. The summed E-state index contributed by atoms with van der Waals surface area (Å²) in [6.45, 7) is 21.6. The van der Waals surface area contributed by atoms with Crippen molar-refractivity contribution in [3.63, 3.8) is 0 Å². The van der Waals surface area contributed by atoms with E-state index < -0.39 is 27.4 Å². The minimum absolute atomic E-state index is 0.0348. The minimum Gasteiger partial charge on any atom is -0.447 e. The Kier molecular flexibility index (Phi) is 11.5. The molecule has 0 saturated carbocycles. The number of carbonyl (C=O) groups excluding carboxylic acids is 4. The van der Waals surface area contributed by atoms with E-state index in [1.165, 1.54) is 23.5 Å². The molecule has 5 aliphatic rings. The van der Waals surface area contributed by atoms with Gasteiger partial charge in [0.05, 0.1) is 9.81 Å². The van der Waals surface area contributed by atoms with E-state index in [1.807, 2.05) is 69.2 Å². The molecular weight excluding hydrogens is 750 g/mol. The molecular formula is C32H54N8O8P2S2. The van der Waals surface area contributed by atoms with Crippen molar-refractivity contribution in [3.05, 3.63) is 21.2 Å². The predicted molar refractivity (Wildman–Crippen MR) is 204 cm³/mol. The van der Waals surface area contributed by atoms with Crippen LogP contribution in [0.2, 0.25) is 0 Å². The number of hydrogen-bond donors (Lipinski definition) is 4. The lowest BCUT2D eigenvalue weighted by Crippen LogP contribution is -2.38. The van der Waals surface area contributed by atoms with Gasteiger partial charge in [-0.05, 0) is 66.9 Å². The molecule has 0 bridgehead atoms. The number of thioether (sulfide) groups is 2. The van der Waals surface area contributed by atoms with E-state index in [9.17, 15) is 28.3 Å². The molecule has 0 aromatic rings. The number of nitrogens with one attached hydrogen (secondary N) is 4. The van der Waals surface area contributed by atoms with Crippen LogP contribution >= 0.6 is 38.7 Å². The van der Waals surface area contributed by atoms with Crippen molar-refractivity contribution < 1.29 is 37.8 Å². The molecule has 16 nitrogen and oxygen atoms in total. The number of Topliss-reactive ketones (excluding diaryl/α,β-unsaturated/α-hetero) is 2. The highest BCUT2D eigenvalue weighted by atomic mass is 32.2. The summed E-state index contributed by atoms with van der Waals surface area (Å²) < 4.78 is 45.8. The van der Waals surface area contributed by atoms with Crippen LogP contribution in [0.25, 0.3) is 0 Å². The van der Waals surface area contributed by atoms with E-state index in [0.29, 0.717) is 37.7 Å². The molecule has 4 saturated heterocycles. The van der Waals surface area contributed by atoms with Gasteiger partial charge in [0.1, 0.15) is 24.6 Å². The smallest absolute Gasteiger partial charge is 0.414 e. The highest BCUT2D eigenvalue weighted by molar-refractivity contribution is 8.05. The van der Waals surface area contributed by atoms with Crippen molar-refractivity contribution >= 4 is 62.5 Å². The maximum absolute atomic E-state index is 13.9. The van der Waals surface area contributed by atoms with Gasteiger partial charge in [0, 0.05) is 61.4 Å². The quantitative estimate of drug-likeness (QED) is 0.0666. The summed E-state index contributed by atoms with van der Waals surface area (Å²) in [6.07, 6.45) is -1.65. The molecule has 4 atom stereocenters. The Morgan fingerprint density at radius 3 is 1.12 bits per heavy atom. The maximum atomic E-state index is 13.9. The fraction of sp³-hybridized carbons (Fsp3) is 0.750. The van der Waals surface area contributed by atoms with Gasteiger partial charge >= 0.3 is 27.4 Å². The van der Waals surface area contributed by atoms with E-state index in [4.69, 9.17) is 9.47 Å². The van der Waals surface area contributed by atoms with Gasteiger partial charge in [-0.1, -0.05) is 13.8 Å². The van der Waals surface area contributed by atoms with Crippen LogP contribution in [0.3, 0.4) is 0 Å². The van der Waals surface area contributed by atoms with Crippen molar-refractivity contribution in [2.75, 3.05) is 64.0 Å². The molecule has 4 N–H and O–H groups in total. The largest absolute Gasteiger partial charge is 0.447 e. The van der Waals surface area contributed by atoms with Crippen LogP contribution in [0.1, 0.15) is 69.2 Å². The molecule has 292 valence electrons. The third kappa shape index (κ3) is 8.44. The van der Waals surface area contributed by atoms with Crippen LogP contribution in [-0.2, 0) is 28.2 Å². The van der Waals surface area contributed by atoms with Crippen molar-refractivity contribution in [2.24, 2.45) is 0 Å². The fourth-order valence-corrected chi connectivity index (χ4v) is 14.5. The maximum Gasteiger partial charge on any atom is 0.414 e. The first-order valence-electron chi connectivity index (χ1n) is 17.6. The Labute approximate surface area is 315 Å². The molecule has 4 aliphatic heterocycles. The summed E-state index contributed by atoms with van der Waals surface area (Å²) in [5, 5.41) is 11.2. The van der Waals surface area contributed by atoms with Crippen molar-refractivity contribution in [1.82, 2.24) is 39.5 Å². The second-order valence-electron chi connectivity index (χ2n) is 15.8. The summed E-state index contributed by atoms with van der Waals surface area (Å²) in [7, 11) is -6.74. The number of ketones is 2. The predicted octanol–water partition coefficient (Wildman–Crippen LogP) is 4.29. The van der Waals surface area contributed by atoms with Crippen LogP contribution < -0.4 is 20.8 Å². The van der Waals surface area contributed by atoms with Gasteiger partial charge < -0.3 is 20.1 Å². The highest BCUT2D eigenvalue weighted by Gasteiger charge is 2.66. The molecule has 0 aromatic heterocycles. The number of carbonyl (C=O) groups is 4. The number of ether oxygens (including phenoxy) is 2. The molecule has 0 radical (unpaired) electrons. The normalized spacial score (nSPS) is 29.7. The molecule has 4 fully saturated rings. The number of nitrogens with zero attached hydrogens (tertiary/aromatic N) is 4. The first kappa shape index (κ1) is 41.1. The van der Waals surface area contributed by atoms with Crippen LogP contribution in [0.4, 0.5) is 9.59 Å². The molecule has 52 heavy (non-hydrogen) atoms. The lowest BCUT2D eigenvalue weighted by atomic mass is 10.1. The molecule has 4 unspecified atom stereocenters. The highest BCUT2D eigenvalue weighted by Crippen LogP contribution is 2.68. The number of hydrogen-bond acceptors (Lipinski definition) is 12. The zero-order chi connectivity index (χ0) is 38.7. The zero-order valence-corrected chi connectivity index (χ0v) is 35.3. The fourth-order valence-electron chi connectivity index (χ4n) is 6.17. The van der Waals surface area contributed by atoms with Crippen LogP contribution in [-0.4, -0.2) is 129 Å². The van der Waals surface area contributed by atoms with Gasteiger partial charge in [0.15, 0.2) is 0 Å². The lowest BCUT2D eigenvalue weighted by Gasteiger charge is -2.26. The van der Waals surface area contributed by atoms with Gasteiger partial charge in [-0.3, -0.25) is 18.7 Å². The second-order valence-corrected chi connectivity index (χ2v) is 23.0. The molecule has 0 spiro atoms. The zero-order valence-electron chi connectivity index (χ0n) is 31.8. The van der Waals surface area contributed by atoms with Crippen molar-refractivity contribution in [2.45, 2.75) is 91.4 Å². The van der Waals surface area contributed by atoms with Crippen LogP contribution in [0, 0.1) is 0 Å². The van der Waals surface area contributed by atoms with Gasteiger partial charge in [0.2, 0.25) is 11.6 Å². The van der Waals surface area contributed by atoms with E-state index in [1.54, 1.807) is 18.7 Å². The van der Waals surface area contributed by atoms with Crippen molar-refractivity contribution in [1.29, 1.82) is 0 Å². The molecule has 1 aliphatic carbocycles. The molecule has 0 aromatic carbocycles. The summed E-state index contributed by atoms with van der Waals surface area (Å²) in [6, 6.07) is 0.